The number of nitrogens with one attached hydrogen (secondary N) is 1. The minimum atomic E-state index is -6.29. The molecule has 2 rings (SSSR count). The van der Waals surface area contributed by atoms with Crippen molar-refractivity contribution in [3.8, 4) is 0 Å². The highest BCUT2D eigenvalue weighted by Crippen LogP contribution is 2.54. The van der Waals surface area contributed by atoms with Gasteiger partial charge in [-0.1, -0.05) is 24.3 Å². The lowest BCUT2D eigenvalue weighted by molar-refractivity contribution is -0.348. The monoisotopic (exact) mass is 422 g/mol. The van der Waals surface area contributed by atoms with Crippen LogP contribution >= 0.6 is 0 Å². The molecule has 0 fully saturated rings. The summed E-state index contributed by atoms with van der Waals surface area (Å²) in [5, 5.41) is 2.09. The van der Waals surface area contributed by atoms with Crippen molar-refractivity contribution in [3.05, 3.63) is 64.7 Å². The fourth-order valence-electron chi connectivity index (χ4n) is 2.70. The molecule has 2 amide bonds. The molecule has 0 aliphatic carbocycles. The van der Waals surface area contributed by atoms with E-state index in [-0.39, 0.29) is 11.1 Å². The second-order valence-electron chi connectivity index (χ2n) is 6.00. The molecule has 0 radical (unpaired) electrons. The second-order valence-corrected chi connectivity index (χ2v) is 6.00. The fourth-order valence-corrected chi connectivity index (χ4v) is 2.70. The third-order valence-corrected chi connectivity index (χ3v) is 4.17. The summed E-state index contributed by atoms with van der Waals surface area (Å²) in [7, 11) is 0. The van der Waals surface area contributed by atoms with Gasteiger partial charge in [-0.05, 0) is 30.7 Å². The van der Waals surface area contributed by atoms with Crippen LogP contribution in [0.1, 0.15) is 31.8 Å². The molecule has 11 heteroatoms. The molecule has 0 saturated heterocycles. The number of nitrogens with two attached hydrogens (primary N) is 1. The predicted molar refractivity (Wildman–Crippen MR) is 89.0 cm³/mol. The first kappa shape index (κ1) is 22.2. The first-order valence-corrected chi connectivity index (χ1v) is 7.84. The standard InChI is InChI=1S/C18H13F7N2O2/c1-9-12(16(19,17(20,21)22)18(23,24)25)7-4-8-13(9)27-15(29)11-6-3-2-5-10(11)14(26)28/h2-8H,1H3,(H2,26,28)(H,27,29). The van der Waals surface area contributed by atoms with Gasteiger partial charge in [0.05, 0.1) is 11.1 Å². The van der Waals surface area contributed by atoms with Crippen molar-refractivity contribution < 1.29 is 40.3 Å². The van der Waals surface area contributed by atoms with Crippen molar-refractivity contribution in [2.75, 3.05) is 5.32 Å². The molecule has 2 aromatic carbocycles. The largest absolute Gasteiger partial charge is 0.435 e. The molecule has 0 unspecified atom stereocenters. The van der Waals surface area contributed by atoms with E-state index in [4.69, 9.17) is 5.73 Å². The summed E-state index contributed by atoms with van der Waals surface area (Å²) in [6, 6.07) is 7.22. The number of alkyl halides is 7. The lowest BCUT2D eigenvalue weighted by Gasteiger charge is -2.32. The fraction of sp³-hybridized carbons (Fsp3) is 0.222. The number of anilines is 1. The van der Waals surface area contributed by atoms with Crippen molar-refractivity contribution in [2.45, 2.75) is 24.9 Å². The third-order valence-electron chi connectivity index (χ3n) is 4.17. The van der Waals surface area contributed by atoms with Gasteiger partial charge >= 0.3 is 18.0 Å². The maximum absolute atomic E-state index is 14.4. The number of rotatable bonds is 4. The van der Waals surface area contributed by atoms with Crippen LogP contribution in [0.3, 0.4) is 0 Å². The molecule has 0 aromatic heterocycles. The van der Waals surface area contributed by atoms with Crippen molar-refractivity contribution in [1.29, 1.82) is 0 Å². The SMILES string of the molecule is Cc1c(NC(=O)c2ccccc2C(N)=O)cccc1C(F)(C(F)(F)F)C(F)(F)F. The van der Waals surface area contributed by atoms with Crippen LogP contribution in [0.2, 0.25) is 0 Å². The average molecular weight is 422 g/mol. The average Bonchev–Trinajstić information content (AvgIpc) is 2.60. The molecule has 0 heterocycles. The van der Waals surface area contributed by atoms with Gasteiger partial charge in [-0.2, -0.15) is 26.3 Å². The summed E-state index contributed by atoms with van der Waals surface area (Å²) in [5.41, 5.74) is -3.98. The van der Waals surface area contributed by atoms with Gasteiger partial charge in [0, 0.05) is 11.3 Å². The van der Waals surface area contributed by atoms with Gasteiger partial charge in [0.2, 0.25) is 5.91 Å². The van der Waals surface area contributed by atoms with Gasteiger partial charge < -0.3 is 11.1 Å². The maximum Gasteiger partial charge on any atom is 0.435 e. The van der Waals surface area contributed by atoms with E-state index in [1.165, 1.54) is 24.3 Å². The van der Waals surface area contributed by atoms with Crippen LogP contribution in [0.5, 0.6) is 0 Å². The molecule has 0 aliphatic heterocycles. The summed E-state index contributed by atoms with van der Waals surface area (Å²) in [6.45, 7) is 0.802. The first-order chi connectivity index (χ1) is 13.2. The van der Waals surface area contributed by atoms with Gasteiger partial charge in [-0.25, -0.2) is 4.39 Å². The third kappa shape index (κ3) is 3.89. The quantitative estimate of drug-likeness (QED) is 0.705. The molecular weight excluding hydrogens is 409 g/mol. The van der Waals surface area contributed by atoms with E-state index in [0.717, 1.165) is 19.1 Å². The summed E-state index contributed by atoms with van der Waals surface area (Å²) in [4.78, 5) is 23.8. The van der Waals surface area contributed by atoms with Crippen LogP contribution < -0.4 is 11.1 Å². The molecule has 0 spiro atoms. The highest BCUT2D eigenvalue weighted by Gasteiger charge is 2.74. The number of amides is 2. The Kier molecular flexibility index (Phi) is 5.64. The van der Waals surface area contributed by atoms with Crippen LogP contribution in [-0.4, -0.2) is 24.2 Å². The predicted octanol–water partition coefficient (Wildman–Crippen LogP) is 4.64. The van der Waals surface area contributed by atoms with Crippen LogP contribution in [0.15, 0.2) is 42.5 Å². The number of hydrogen-bond donors (Lipinski definition) is 2. The van der Waals surface area contributed by atoms with Crippen LogP contribution in [0.25, 0.3) is 0 Å². The van der Waals surface area contributed by atoms with E-state index >= 15 is 0 Å². The highest BCUT2D eigenvalue weighted by molar-refractivity contribution is 6.12. The van der Waals surface area contributed by atoms with E-state index in [1.807, 2.05) is 0 Å². The summed E-state index contributed by atoms with van der Waals surface area (Å²) >= 11 is 0. The summed E-state index contributed by atoms with van der Waals surface area (Å²) in [5.74, 6) is -2.00. The van der Waals surface area contributed by atoms with E-state index in [9.17, 15) is 40.3 Å². The molecule has 0 saturated carbocycles. The maximum atomic E-state index is 14.4. The molecule has 2 aromatic rings. The van der Waals surface area contributed by atoms with Gasteiger partial charge in [0.1, 0.15) is 0 Å². The molecule has 0 aliphatic rings. The van der Waals surface area contributed by atoms with E-state index < -0.39 is 46.7 Å². The second kappa shape index (κ2) is 7.37. The van der Waals surface area contributed by atoms with Crippen molar-refractivity contribution in [1.82, 2.24) is 0 Å². The first-order valence-electron chi connectivity index (χ1n) is 7.84. The topological polar surface area (TPSA) is 72.2 Å². The number of carbonyl (C=O) groups excluding carboxylic acids is 2. The molecule has 4 nitrogen and oxygen atoms in total. The molecular formula is C18H13F7N2O2. The van der Waals surface area contributed by atoms with Crippen LogP contribution in [-0.2, 0) is 5.67 Å². The zero-order valence-corrected chi connectivity index (χ0v) is 14.6. The summed E-state index contributed by atoms with van der Waals surface area (Å²) < 4.78 is 92.6. The highest BCUT2D eigenvalue weighted by atomic mass is 19.4. The summed E-state index contributed by atoms with van der Waals surface area (Å²) in [6.07, 6.45) is -12.6. The Morgan fingerprint density at radius 3 is 1.83 bits per heavy atom. The van der Waals surface area contributed by atoms with Crippen LogP contribution in [0, 0.1) is 6.92 Å². The Bertz CT molecular complexity index is 938. The zero-order chi connectivity index (χ0) is 22.2. The van der Waals surface area contributed by atoms with Gasteiger partial charge in [0.15, 0.2) is 0 Å². The zero-order valence-electron chi connectivity index (χ0n) is 14.6. The van der Waals surface area contributed by atoms with Crippen LogP contribution in [0.4, 0.5) is 36.4 Å². The minimum absolute atomic E-state index is 0.218. The van der Waals surface area contributed by atoms with E-state index in [0.29, 0.717) is 6.07 Å². The number of primary amides is 1. The molecule has 29 heavy (non-hydrogen) atoms. The Labute approximate surface area is 159 Å². The number of carbonyl (C=O) groups is 2. The number of hydrogen-bond acceptors (Lipinski definition) is 2. The molecule has 3 N–H and O–H groups in total. The van der Waals surface area contributed by atoms with Gasteiger partial charge in [-0.15, -0.1) is 0 Å². The Hall–Kier alpha value is -3.11. The van der Waals surface area contributed by atoms with E-state index in [1.54, 1.807) is 0 Å². The minimum Gasteiger partial charge on any atom is -0.366 e. The number of halogens is 7. The number of benzene rings is 2. The molecule has 0 atom stereocenters. The Morgan fingerprint density at radius 2 is 1.34 bits per heavy atom. The van der Waals surface area contributed by atoms with E-state index in [2.05, 4.69) is 5.32 Å². The Balaban J connectivity index is 2.54. The smallest absolute Gasteiger partial charge is 0.366 e. The van der Waals surface area contributed by atoms with Crippen molar-refractivity contribution >= 4 is 17.5 Å². The van der Waals surface area contributed by atoms with Crippen molar-refractivity contribution in [2.24, 2.45) is 5.73 Å². The lowest BCUT2D eigenvalue weighted by Crippen LogP contribution is -2.50. The van der Waals surface area contributed by atoms with Gasteiger partial charge in [0.25, 0.3) is 5.91 Å². The van der Waals surface area contributed by atoms with Gasteiger partial charge in [-0.3, -0.25) is 9.59 Å². The normalized spacial score (nSPS) is 12.6. The van der Waals surface area contributed by atoms with Crippen molar-refractivity contribution in [3.63, 3.8) is 0 Å². The molecule has 156 valence electrons. The Morgan fingerprint density at radius 1 is 0.828 bits per heavy atom. The lowest BCUT2D eigenvalue weighted by atomic mass is 9.89. The molecule has 0 bridgehead atoms.